The fourth-order valence-electron chi connectivity index (χ4n) is 3.10. The minimum absolute atomic E-state index is 0.176. The number of carboxylic acid groups (broad SMARTS) is 1. The van der Waals surface area contributed by atoms with E-state index in [2.05, 4.69) is 4.98 Å². The van der Waals surface area contributed by atoms with Crippen molar-refractivity contribution >= 4 is 43.8 Å². The number of anilines is 1. The van der Waals surface area contributed by atoms with Gasteiger partial charge in [0.05, 0.1) is 11.1 Å². The van der Waals surface area contributed by atoms with Crippen molar-refractivity contribution in [3.8, 4) is 10.4 Å². The summed E-state index contributed by atoms with van der Waals surface area (Å²) < 4.78 is 28.0. The third-order valence-electron chi connectivity index (χ3n) is 4.50. The van der Waals surface area contributed by atoms with Crippen molar-refractivity contribution in [2.45, 2.75) is 4.90 Å². The van der Waals surface area contributed by atoms with E-state index in [9.17, 15) is 13.2 Å². The predicted octanol–water partition coefficient (Wildman–Crippen LogP) is 3.08. The monoisotopic (exact) mass is 435 g/mol. The summed E-state index contributed by atoms with van der Waals surface area (Å²) in [5.41, 5.74) is 0.714. The van der Waals surface area contributed by atoms with Crippen molar-refractivity contribution in [1.29, 1.82) is 0 Å². The number of nitrogens with zero attached hydrogens (tertiary/aromatic N) is 3. The normalized spacial score (nSPS) is 15.6. The van der Waals surface area contributed by atoms with Gasteiger partial charge in [-0.25, -0.2) is 18.2 Å². The van der Waals surface area contributed by atoms with Gasteiger partial charge in [0.15, 0.2) is 5.13 Å². The molecule has 1 aliphatic rings. The van der Waals surface area contributed by atoms with Gasteiger partial charge >= 0.3 is 5.97 Å². The van der Waals surface area contributed by atoms with Crippen LogP contribution in [0.25, 0.3) is 10.4 Å². The molecular weight excluding hydrogens is 418 g/mol. The summed E-state index contributed by atoms with van der Waals surface area (Å²) in [6.07, 6.45) is 1.34. The first kappa shape index (κ1) is 19.1. The molecular formula is C18H17N3O4S3. The first-order valence-corrected chi connectivity index (χ1v) is 11.7. The summed E-state index contributed by atoms with van der Waals surface area (Å²) in [7, 11) is -3.63. The molecule has 0 atom stereocenters. The molecule has 1 aromatic carbocycles. The van der Waals surface area contributed by atoms with Gasteiger partial charge in [-0.05, 0) is 17.5 Å². The fraction of sp³-hybridized carbons (Fsp3) is 0.222. The minimum Gasteiger partial charge on any atom is -0.477 e. The molecule has 0 aliphatic carbocycles. The van der Waals surface area contributed by atoms with Gasteiger partial charge in [0, 0.05) is 36.6 Å². The molecule has 0 radical (unpaired) electrons. The molecule has 1 N–H and O–H groups in total. The molecule has 2 aromatic heterocycles. The molecule has 1 aliphatic heterocycles. The van der Waals surface area contributed by atoms with Gasteiger partial charge in [-0.3, -0.25) is 0 Å². The Morgan fingerprint density at radius 3 is 2.46 bits per heavy atom. The number of hydrogen-bond acceptors (Lipinski definition) is 7. The van der Waals surface area contributed by atoms with Crippen LogP contribution in [0.1, 0.15) is 9.67 Å². The average molecular weight is 436 g/mol. The smallest absolute Gasteiger partial charge is 0.347 e. The van der Waals surface area contributed by atoms with E-state index in [0.29, 0.717) is 41.8 Å². The summed E-state index contributed by atoms with van der Waals surface area (Å²) in [6, 6.07) is 10.9. The van der Waals surface area contributed by atoms with Crippen molar-refractivity contribution in [1.82, 2.24) is 9.29 Å². The van der Waals surface area contributed by atoms with Crippen LogP contribution in [-0.4, -0.2) is 55.0 Å². The second-order valence-corrected chi connectivity index (χ2v) is 10.0. The summed E-state index contributed by atoms with van der Waals surface area (Å²) in [4.78, 5) is 18.5. The highest BCUT2D eigenvalue weighted by molar-refractivity contribution is 7.89. The largest absolute Gasteiger partial charge is 0.477 e. The summed E-state index contributed by atoms with van der Waals surface area (Å²) >= 11 is 2.61. The van der Waals surface area contributed by atoms with E-state index in [1.54, 1.807) is 12.1 Å². The molecule has 0 unspecified atom stereocenters. The van der Waals surface area contributed by atoms with Crippen LogP contribution in [0.15, 0.2) is 52.9 Å². The van der Waals surface area contributed by atoms with E-state index in [0.717, 1.165) is 16.2 Å². The van der Waals surface area contributed by atoms with E-state index in [4.69, 9.17) is 5.11 Å². The number of piperazine rings is 1. The quantitative estimate of drug-likeness (QED) is 0.662. The van der Waals surface area contributed by atoms with E-state index in [1.807, 2.05) is 34.5 Å². The Balaban J connectivity index is 1.54. The van der Waals surface area contributed by atoms with Crippen molar-refractivity contribution in [2.24, 2.45) is 0 Å². The van der Waals surface area contributed by atoms with Gasteiger partial charge in [-0.15, -0.1) is 11.3 Å². The maximum Gasteiger partial charge on any atom is 0.347 e. The highest BCUT2D eigenvalue weighted by atomic mass is 32.2. The Kier molecular flexibility index (Phi) is 5.19. The lowest BCUT2D eigenvalue weighted by molar-refractivity contribution is 0.0702. The topological polar surface area (TPSA) is 90.8 Å². The Labute approximate surface area is 170 Å². The van der Waals surface area contributed by atoms with Crippen LogP contribution in [0.2, 0.25) is 0 Å². The number of carboxylic acids is 1. The second-order valence-electron chi connectivity index (χ2n) is 6.18. The lowest BCUT2D eigenvalue weighted by Gasteiger charge is -2.34. The van der Waals surface area contributed by atoms with Crippen LogP contribution < -0.4 is 4.90 Å². The summed E-state index contributed by atoms with van der Waals surface area (Å²) in [5, 5.41) is 11.6. The van der Waals surface area contributed by atoms with Gasteiger partial charge in [-0.1, -0.05) is 35.6 Å². The summed E-state index contributed by atoms with van der Waals surface area (Å²) in [6.45, 7) is 1.58. The Hall–Kier alpha value is -2.27. The van der Waals surface area contributed by atoms with Gasteiger partial charge < -0.3 is 10.0 Å². The number of hydrogen-bond donors (Lipinski definition) is 1. The lowest BCUT2D eigenvalue weighted by atomic mass is 10.2. The maximum absolute atomic E-state index is 13.3. The molecule has 1 saturated heterocycles. The predicted molar refractivity (Wildman–Crippen MR) is 110 cm³/mol. The molecule has 7 nitrogen and oxygen atoms in total. The standard InChI is InChI=1S/C18H17N3O4S3/c22-17(23)15-12-19-18(27-15)20-7-9-21(10-8-20)28(24,25)16-6-2-1-4-13(16)14-5-3-11-26-14/h1-6,11-12H,7-10H2,(H,22,23). The van der Waals surface area contributed by atoms with Crippen molar-refractivity contribution < 1.29 is 18.3 Å². The van der Waals surface area contributed by atoms with Crippen LogP contribution in [0, 0.1) is 0 Å². The number of benzene rings is 1. The van der Waals surface area contributed by atoms with Crippen molar-refractivity contribution in [2.75, 3.05) is 31.1 Å². The minimum atomic E-state index is -3.63. The number of aromatic nitrogens is 1. The Morgan fingerprint density at radius 2 is 1.82 bits per heavy atom. The highest BCUT2D eigenvalue weighted by Crippen LogP contribution is 2.33. The lowest BCUT2D eigenvalue weighted by Crippen LogP contribution is -2.48. The third kappa shape index (κ3) is 3.55. The maximum atomic E-state index is 13.3. The molecule has 0 bridgehead atoms. The van der Waals surface area contributed by atoms with E-state index < -0.39 is 16.0 Å². The number of rotatable bonds is 5. The number of thiazole rings is 1. The van der Waals surface area contributed by atoms with Crippen LogP contribution in [0.3, 0.4) is 0 Å². The Bertz CT molecular complexity index is 1080. The summed E-state index contributed by atoms with van der Waals surface area (Å²) in [5.74, 6) is -1.00. The molecule has 10 heteroatoms. The van der Waals surface area contributed by atoms with Crippen LogP contribution in [0.5, 0.6) is 0 Å². The van der Waals surface area contributed by atoms with Crippen LogP contribution >= 0.6 is 22.7 Å². The molecule has 146 valence electrons. The zero-order valence-corrected chi connectivity index (χ0v) is 17.1. The van der Waals surface area contributed by atoms with Crippen LogP contribution in [0.4, 0.5) is 5.13 Å². The van der Waals surface area contributed by atoms with E-state index >= 15 is 0 Å². The van der Waals surface area contributed by atoms with Gasteiger partial charge in [-0.2, -0.15) is 4.31 Å². The zero-order chi connectivity index (χ0) is 19.7. The molecule has 1 fully saturated rings. The first-order valence-electron chi connectivity index (χ1n) is 8.54. The highest BCUT2D eigenvalue weighted by Gasteiger charge is 2.31. The molecule has 3 heterocycles. The third-order valence-corrected chi connectivity index (χ3v) is 8.41. The van der Waals surface area contributed by atoms with Gasteiger partial charge in [0.1, 0.15) is 4.88 Å². The Morgan fingerprint density at radius 1 is 1.07 bits per heavy atom. The SMILES string of the molecule is O=C(O)c1cnc(N2CCN(S(=O)(=O)c3ccccc3-c3cccs3)CC2)s1. The fourth-order valence-corrected chi connectivity index (χ4v) is 6.36. The average Bonchev–Trinajstić information content (AvgIpc) is 3.40. The first-order chi connectivity index (χ1) is 13.5. The number of thiophene rings is 1. The molecule has 0 saturated carbocycles. The van der Waals surface area contributed by atoms with E-state index in [-0.39, 0.29) is 4.88 Å². The van der Waals surface area contributed by atoms with Gasteiger partial charge in [0.25, 0.3) is 0 Å². The molecule has 0 amide bonds. The van der Waals surface area contributed by atoms with Crippen LogP contribution in [-0.2, 0) is 10.0 Å². The van der Waals surface area contributed by atoms with E-state index in [1.165, 1.54) is 21.8 Å². The second kappa shape index (κ2) is 7.63. The number of aromatic carboxylic acids is 1. The number of sulfonamides is 1. The van der Waals surface area contributed by atoms with Gasteiger partial charge in [0.2, 0.25) is 10.0 Å². The molecule has 3 aromatic rings. The molecule has 4 rings (SSSR count). The van der Waals surface area contributed by atoms with Crippen molar-refractivity contribution in [3.63, 3.8) is 0 Å². The molecule has 28 heavy (non-hydrogen) atoms. The molecule has 0 spiro atoms. The zero-order valence-electron chi connectivity index (χ0n) is 14.7. The number of carbonyl (C=O) groups is 1. The van der Waals surface area contributed by atoms with Crippen molar-refractivity contribution in [3.05, 3.63) is 52.9 Å².